The molecule has 264 valence electrons. The second-order valence-electron chi connectivity index (χ2n) is 15.2. The molecule has 1 nitrogen and oxygen atoms in total. The normalized spacial score (nSPS) is 11.9. The van der Waals surface area contributed by atoms with E-state index in [0.717, 1.165) is 5.69 Å². The van der Waals surface area contributed by atoms with E-state index in [-0.39, 0.29) is 0 Å². The molecule has 0 radical (unpaired) electrons. The zero-order valence-electron chi connectivity index (χ0n) is 31.2. The summed E-state index contributed by atoms with van der Waals surface area (Å²) in [4.78, 5) is 0. The molecule has 0 saturated heterocycles. The third-order valence-corrected chi connectivity index (χ3v) is 12.1. The summed E-state index contributed by atoms with van der Waals surface area (Å²) in [5, 5.41) is 15.2. The van der Waals surface area contributed by atoms with Crippen LogP contribution in [0.4, 0.5) is 0 Å². The third kappa shape index (κ3) is 4.76. The van der Waals surface area contributed by atoms with Crippen LogP contribution in [0, 0.1) is 0 Å². The molecular formula is C56H35N. The van der Waals surface area contributed by atoms with Crippen LogP contribution in [-0.2, 0) is 0 Å². The number of benzene rings is 11. The standard InChI is InChI=1S/C56H35N/c1-2-16-37(17-3-1)52-45-22-8-10-24-47(45)53(48-25-11-9-23-46(48)52)38-29-32-41(33-30-38)57-50-28-13-12-26-49(50)56-51(57)34-31-40-35-39-18-5-7-21-43(39)55(54(40)56)44-27-14-19-36-15-4-6-20-42(36)44/h1-35H. The number of rotatable bonds is 4. The van der Waals surface area contributed by atoms with Gasteiger partial charge in [-0.2, -0.15) is 0 Å². The minimum absolute atomic E-state index is 1.14. The highest BCUT2D eigenvalue weighted by Crippen LogP contribution is 2.47. The van der Waals surface area contributed by atoms with Crippen molar-refractivity contribution in [3.05, 3.63) is 212 Å². The molecule has 0 amide bonds. The summed E-state index contributed by atoms with van der Waals surface area (Å²) in [5.41, 5.74) is 11.1. The highest BCUT2D eigenvalue weighted by Gasteiger charge is 2.21. The van der Waals surface area contributed by atoms with Crippen molar-refractivity contribution in [1.82, 2.24) is 4.57 Å². The highest BCUT2D eigenvalue weighted by atomic mass is 15.0. The van der Waals surface area contributed by atoms with Gasteiger partial charge in [0.25, 0.3) is 0 Å². The fourth-order valence-corrected chi connectivity index (χ4v) is 9.75. The smallest absolute Gasteiger partial charge is 0.0547 e. The first-order valence-corrected chi connectivity index (χ1v) is 19.8. The molecule has 11 aromatic carbocycles. The van der Waals surface area contributed by atoms with E-state index in [1.54, 1.807) is 0 Å². The maximum atomic E-state index is 2.46. The molecule has 12 rings (SSSR count). The fraction of sp³-hybridized carbons (Fsp3) is 0. The van der Waals surface area contributed by atoms with E-state index in [2.05, 4.69) is 217 Å². The lowest BCUT2D eigenvalue weighted by Crippen LogP contribution is -1.95. The maximum absolute atomic E-state index is 2.46. The summed E-state index contributed by atoms with van der Waals surface area (Å²) in [6.07, 6.45) is 0. The van der Waals surface area contributed by atoms with Gasteiger partial charge < -0.3 is 4.57 Å². The topological polar surface area (TPSA) is 4.93 Å². The Labute approximate surface area is 330 Å². The van der Waals surface area contributed by atoms with Crippen LogP contribution < -0.4 is 0 Å². The number of para-hydroxylation sites is 1. The average molecular weight is 722 g/mol. The number of nitrogens with zero attached hydrogens (tertiary/aromatic N) is 1. The van der Waals surface area contributed by atoms with Crippen molar-refractivity contribution in [2.24, 2.45) is 0 Å². The molecule has 0 fully saturated rings. The van der Waals surface area contributed by atoms with Crippen LogP contribution in [0.2, 0.25) is 0 Å². The molecule has 0 aliphatic carbocycles. The van der Waals surface area contributed by atoms with E-state index in [4.69, 9.17) is 0 Å². The molecule has 1 heterocycles. The number of hydrogen-bond acceptors (Lipinski definition) is 0. The molecule has 0 unspecified atom stereocenters. The molecular weight excluding hydrogens is 687 g/mol. The van der Waals surface area contributed by atoms with Crippen molar-refractivity contribution in [1.29, 1.82) is 0 Å². The number of hydrogen-bond donors (Lipinski definition) is 0. The van der Waals surface area contributed by atoms with E-state index in [1.807, 2.05) is 0 Å². The minimum Gasteiger partial charge on any atom is -0.309 e. The molecule has 0 aliphatic heterocycles. The molecule has 0 bridgehead atoms. The van der Waals surface area contributed by atoms with Crippen LogP contribution in [0.5, 0.6) is 0 Å². The Morgan fingerprint density at radius 2 is 0.789 bits per heavy atom. The van der Waals surface area contributed by atoms with Crippen LogP contribution >= 0.6 is 0 Å². The summed E-state index contributed by atoms with van der Waals surface area (Å²) in [7, 11) is 0. The van der Waals surface area contributed by atoms with Crippen LogP contribution in [-0.4, -0.2) is 4.57 Å². The predicted octanol–water partition coefficient (Wildman–Crippen LogP) is 15.6. The van der Waals surface area contributed by atoms with Crippen molar-refractivity contribution in [3.63, 3.8) is 0 Å². The monoisotopic (exact) mass is 721 g/mol. The zero-order valence-corrected chi connectivity index (χ0v) is 31.2. The summed E-state index contributed by atoms with van der Waals surface area (Å²) in [5.74, 6) is 0. The van der Waals surface area contributed by atoms with Gasteiger partial charge >= 0.3 is 0 Å². The Bertz CT molecular complexity index is 3490. The minimum atomic E-state index is 1.14. The van der Waals surface area contributed by atoms with Crippen molar-refractivity contribution in [2.45, 2.75) is 0 Å². The molecule has 12 aromatic rings. The van der Waals surface area contributed by atoms with E-state index in [9.17, 15) is 0 Å². The molecule has 0 atom stereocenters. The van der Waals surface area contributed by atoms with Gasteiger partial charge in [0.15, 0.2) is 0 Å². The van der Waals surface area contributed by atoms with Crippen LogP contribution in [0.25, 0.3) is 115 Å². The largest absolute Gasteiger partial charge is 0.309 e. The lowest BCUT2D eigenvalue weighted by Gasteiger charge is -2.18. The third-order valence-electron chi connectivity index (χ3n) is 12.1. The second-order valence-corrected chi connectivity index (χ2v) is 15.2. The van der Waals surface area contributed by atoms with Gasteiger partial charge in [-0.25, -0.2) is 0 Å². The molecule has 0 spiro atoms. The Hall–Kier alpha value is -7.48. The van der Waals surface area contributed by atoms with Gasteiger partial charge in [0, 0.05) is 21.8 Å². The van der Waals surface area contributed by atoms with Crippen molar-refractivity contribution >= 4 is 75.7 Å². The quantitative estimate of drug-likeness (QED) is 0.160. The lowest BCUT2D eigenvalue weighted by molar-refractivity contribution is 1.18. The van der Waals surface area contributed by atoms with Crippen molar-refractivity contribution in [3.8, 4) is 39.1 Å². The molecule has 1 aromatic heterocycles. The number of aromatic nitrogens is 1. The molecule has 57 heavy (non-hydrogen) atoms. The van der Waals surface area contributed by atoms with E-state index in [0.29, 0.717) is 0 Å². The SMILES string of the molecule is c1ccc(-c2c3ccccc3c(-c3ccc(-n4c5ccccc5c5c6c(-c7cccc8ccccc78)c7ccccc7cc6ccc54)cc3)c3ccccc23)cc1. The van der Waals surface area contributed by atoms with Crippen LogP contribution in [0.15, 0.2) is 212 Å². The molecule has 0 aliphatic rings. The number of fused-ring (bicyclic) bond motifs is 9. The van der Waals surface area contributed by atoms with Gasteiger partial charge in [0.1, 0.15) is 0 Å². The summed E-state index contributed by atoms with van der Waals surface area (Å²) >= 11 is 0. The highest BCUT2D eigenvalue weighted by molar-refractivity contribution is 6.30. The zero-order chi connectivity index (χ0) is 37.5. The van der Waals surface area contributed by atoms with Crippen LogP contribution in [0.3, 0.4) is 0 Å². The molecule has 0 saturated carbocycles. The average Bonchev–Trinajstić information content (AvgIpc) is 3.62. The Morgan fingerprint density at radius 3 is 1.47 bits per heavy atom. The summed E-state index contributed by atoms with van der Waals surface area (Å²) < 4.78 is 2.46. The maximum Gasteiger partial charge on any atom is 0.0547 e. The molecule has 0 N–H and O–H groups in total. The van der Waals surface area contributed by atoms with Gasteiger partial charge in [0.2, 0.25) is 0 Å². The summed E-state index contributed by atoms with van der Waals surface area (Å²) in [6, 6.07) is 78.2. The Kier molecular flexibility index (Phi) is 7.00. The Balaban J connectivity index is 1.12. The van der Waals surface area contributed by atoms with Gasteiger partial charge in [-0.1, -0.05) is 182 Å². The van der Waals surface area contributed by atoms with E-state index in [1.165, 1.54) is 109 Å². The fourth-order valence-electron chi connectivity index (χ4n) is 9.75. The van der Waals surface area contributed by atoms with E-state index >= 15 is 0 Å². The second kappa shape index (κ2) is 12.5. The Morgan fingerprint density at radius 1 is 0.263 bits per heavy atom. The van der Waals surface area contributed by atoms with Crippen molar-refractivity contribution in [2.75, 3.05) is 0 Å². The van der Waals surface area contributed by atoms with Gasteiger partial charge in [-0.05, 0) is 112 Å². The lowest BCUT2D eigenvalue weighted by atomic mass is 9.86. The van der Waals surface area contributed by atoms with Gasteiger partial charge in [-0.15, -0.1) is 0 Å². The van der Waals surface area contributed by atoms with E-state index < -0.39 is 0 Å². The molecule has 1 heteroatoms. The predicted molar refractivity (Wildman–Crippen MR) is 245 cm³/mol. The summed E-state index contributed by atoms with van der Waals surface area (Å²) in [6.45, 7) is 0. The van der Waals surface area contributed by atoms with Gasteiger partial charge in [0.05, 0.1) is 11.0 Å². The first-order chi connectivity index (χ1) is 28.3. The van der Waals surface area contributed by atoms with Gasteiger partial charge in [-0.3, -0.25) is 0 Å². The first kappa shape index (κ1) is 31.8. The van der Waals surface area contributed by atoms with Crippen LogP contribution in [0.1, 0.15) is 0 Å². The first-order valence-electron chi connectivity index (χ1n) is 19.8. The van der Waals surface area contributed by atoms with Crippen molar-refractivity contribution < 1.29 is 0 Å².